The number of hydrogen-bond donors (Lipinski definition) is 3. The first-order chi connectivity index (χ1) is 4.13. The normalized spacial score (nSPS) is 7.27. The molecule has 0 aromatic carbocycles. The molecule has 0 fully saturated rings. The molecule has 0 aliphatic rings. The highest BCUT2D eigenvalue weighted by atomic mass is 35.5. The smallest absolute Gasteiger partial charge is 0.231 e. The maximum Gasteiger partial charge on any atom is 0.231 e. The summed E-state index contributed by atoms with van der Waals surface area (Å²) in [5.41, 5.74) is 9.45. The number of amides is 2. The van der Waals surface area contributed by atoms with E-state index in [1.165, 1.54) is 0 Å². The van der Waals surface area contributed by atoms with Crippen molar-refractivity contribution in [1.82, 2.24) is 5.32 Å². The molecule has 0 saturated carbocycles. The van der Waals surface area contributed by atoms with E-state index in [4.69, 9.17) is 11.5 Å². The molecule has 0 spiro atoms. The van der Waals surface area contributed by atoms with Crippen molar-refractivity contribution in [2.45, 2.75) is 7.43 Å². The second-order valence-electron chi connectivity index (χ2n) is 1.54. The molecule has 11 heavy (non-hydrogen) atoms. The van der Waals surface area contributed by atoms with Crippen LogP contribution in [0.25, 0.3) is 0 Å². The lowest BCUT2D eigenvalue weighted by Gasteiger charge is -1.94. The van der Waals surface area contributed by atoms with Gasteiger partial charge in [-0.05, 0) is 0 Å². The van der Waals surface area contributed by atoms with E-state index < -0.39 is 11.8 Å². The van der Waals surface area contributed by atoms with Crippen LogP contribution in [0.3, 0.4) is 0 Å². The van der Waals surface area contributed by atoms with Gasteiger partial charge < -0.3 is 11.5 Å². The SMILES string of the molecule is C.Cl.NC(=O)CNCC(N)=O. The molecule has 0 aromatic rings. The Kier molecular flexibility index (Phi) is 13.9. The van der Waals surface area contributed by atoms with Crippen LogP contribution in [0, 0.1) is 0 Å². The molecule has 0 aliphatic heterocycles. The van der Waals surface area contributed by atoms with E-state index in [2.05, 4.69) is 5.32 Å². The molecule has 0 aromatic heterocycles. The van der Waals surface area contributed by atoms with E-state index in [9.17, 15) is 9.59 Å². The Morgan fingerprint density at radius 3 is 1.55 bits per heavy atom. The molecule has 0 saturated heterocycles. The average Bonchev–Trinajstić information content (AvgIpc) is 1.63. The lowest BCUT2D eigenvalue weighted by atomic mass is 10.5. The van der Waals surface area contributed by atoms with Crippen molar-refractivity contribution in [3.8, 4) is 0 Å². The predicted octanol–water partition coefficient (Wildman–Crippen LogP) is -1.40. The van der Waals surface area contributed by atoms with Crippen LogP contribution in [0.1, 0.15) is 7.43 Å². The number of halogens is 1. The quantitative estimate of drug-likeness (QED) is 0.500. The van der Waals surface area contributed by atoms with Crippen LogP contribution in [0.5, 0.6) is 0 Å². The van der Waals surface area contributed by atoms with Gasteiger partial charge in [-0.25, -0.2) is 0 Å². The molecular formula is C5H14ClN3O2. The van der Waals surface area contributed by atoms with Crippen molar-refractivity contribution < 1.29 is 9.59 Å². The van der Waals surface area contributed by atoms with Crippen molar-refractivity contribution in [1.29, 1.82) is 0 Å². The van der Waals surface area contributed by atoms with Gasteiger partial charge >= 0.3 is 0 Å². The number of carbonyl (C=O) groups is 2. The van der Waals surface area contributed by atoms with Gasteiger partial charge in [0.1, 0.15) is 0 Å². The number of rotatable bonds is 4. The van der Waals surface area contributed by atoms with Crippen molar-refractivity contribution in [2.24, 2.45) is 11.5 Å². The summed E-state index contributed by atoms with van der Waals surface area (Å²) in [4.78, 5) is 20.0. The van der Waals surface area contributed by atoms with E-state index in [1.54, 1.807) is 0 Å². The third kappa shape index (κ3) is 17.6. The Hall–Kier alpha value is -0.810. The monoisotopic (exact) mass is 183 g/mol. The predicted molar refractivity (Wildman–Crippen MR) is 45.2 cm³/mol. The van der Waals surface area contributed by atoms with Crippen LogP contribution in [-0.2, 0) is 9.59 Å². The summed E-state index contributed by atoms with van der Waals surface area (Å²) in [6, 6.07) is 0. The first-order valence-electron chi connectivity index (χ1n) is 2.40. The van der Waals surface area contributed by atoms with Crippen LogP contribution in [-0.4, -0.2) is 24.9 Å². The number of hydrogen-bond acceptors (Lipinski definition) is 3. The fraction of sp³-hybridized carbons (Fsp3) is 0.600. The van der Waals surface area contributed by atoms with Crippen LogP contribution in [0.4, 0.5) is 0 Å². The van der Waals surface area contributed by atoms with Gasteiger partial charge in [0, 0.05) is 0 Å². The van der Waals surface area contributed by atoms with Gasteiger partial charge in [-0.15, -0.1) is 12.4 Å². The molecule has 0 atom stereocenters. The molecule has 0 radical (unpaired) electrons. The zero-order chi connectivity index (χ0) is 7.28. The third-order valence-electron chi connectivity index (χ3n) is 0.598. The van der Waals surface area contributed by atoms with E-state index in [0.717, 1.165) is 0 Å². The molecule has 2 amide bonds. The van der Waals surface area contributed by atoms with E-state index in [-0.39, 0.29) is 32.9 Å². The average molecular weight is 184 g/mol. The van der Waals surface area contributed by atoms with Crippen molar-refractivity contribution >= 4 is 24.2 Å². The van der Waals surface area contributed by atoms with Gasteiger partial charge in [0.2, 0.25) is 11.8 Å². The summed E-state index contributed by atoms with van der Waals surface area (Å²) in [7, 11) is 0. The van der Waals surface area contributed by atoms with Gasteiger partial charge in [-0.1, -0.05) is 7.43 Å². The van der Waals surface area contributed by atoms with Crippen LogP contribution >= 0.6 is 12.4 Å². The summed E-state index contributed by atoms with van der Waals surface area (Å²) >= 11 is 0. The molecule has 5 nitrogen and oxygen atoms in total. The zero-order valence-electron chi connectivity index (χ0n) is 5.29. The summed E-state index contributed by atoms with van der Waals surface area (Å²) in [5.74, 6) is -1.01. The Balaban J connectivity index is -0.000000320. The molecule has 0 rings (SSSR count). The molecule has 0 heterocycles. The van der Waals surface area contributed by atoms with Crippen molar-refractivity contribution in [2.75, 3.05) is 13.1 Å². The highest BCUT2D eigenvalue weighted by Crippen LogP contribution is 1.56. The van der Waals surface area contributed by atoms with E-state index in [0.29, 0.717) is 0 Å². The summed E-state index contributed by atoms with van der Waals surface area (Å²) in [6.45, 7) is -0.0219. The Morgan fingerprint density at radius 2 is 1.36 bits per heavy atom. The molecule has 68 valence electrons. The first-order valence-corrected chi connectivity index (χ1v) is 2.40. The van der Waals surface area contributed by atoms with Crippen LogP contribution in [0.15, 0.2) is 0 Å². The summed E-state index contributed by atoms with van der Waals surface area (Å²) in [5, 5.41) is 2.44. The Labute approximate surface area is 71.9 Å². The molecule has 0 aliphatic carbocycles. The summed E-state index contributed by atoms with van der Waals surface area (Å²) < 4.78 is 0. The van der Waals surface area contributed by atoms with Gasteiger partial charge in [0.25, 0.3) is 0 Å². The molecule has 6 heteroatoms. The van der Waals surface area contributed by atoms with Crippen molar-refractivity contribution in [3.63, 3.8) is 0 Å². The zero-order valence-corrected chi connectivity index (χ0v) is 6.11. The highest BCUT2D eigenvalue weighted by Gasteiger charge is 1.94. The van der Waals surface area contributed by atoms with Crippen LogP contribution < -0.4 is 16.8 Å². The fourth-order valence-electron chi connectivity index (χ4n) is 0.309. The third-order valence-corrected chi connectivity index (χ3v) is 0.598. The highest BCUT2D eigenvalue weighted by molar-refractivity contribution is 5.85. The minimum absolute atomic E-state index is 0. The number of nitrogens with one attached hydrogen (secondary N) is 1. The number of nitrogens with two attached hydrogens (primary N) is 2. The van der Waals surface area contributed by atoms with Crippen molar-refractivity contribution in [3.05, 3.63) is 0 Å². The standard InChI is InChI=1S/C4H9N3O2.CH4.ClH/c5-3(8)1-7-2-4(6)9;;/h7H,1-2H2,(H2,5,8)(H2,6,9);1H4;1H. The van der Waals surface area contributed by atoms with Gasteiger partial charge in [0.15, 0.2) is 0 Å². The Bertz CT molecular complexity index is 115. The lowest BCUT2D eigenvalue weighted by molar-refractivity contribution is -0.118. The molecule has 0 bridgehead atoms. The number of carbonyl (C=O) groups excluding carboxylic acids is 2. The minimum atomic E-state index is -0.503. The molecule has 0 unspecified atom stereocenters. The van der Waals surface area contributed by atoms with Gasteiger partial charge in [0.05, 0.1) is 13.1 Å². The first kappa shape index (κ1) is 16.6. The van der Waals surface area contributed by atoms with Crippen LogP contribution in [0.2, 0.25) is 0 Å². The van der Waals surface area contributed by atoms with Gasteiger partial charge in [-0.2, -0.15) is 0 Å². The fourth-order valence-corrected chi connectivity index (χ4v) is 0.309. The van der Waals surface area contributed by atoms with Gasteiger partial charge in [-0.3, -0.25) is 14.9 Å². The topological polar surface area (TPSA) is 98.2 Å². The second kappa shape index (κ2) is 9.19. The lowest BCUT2D eigenvalue weighted by Crippen LogP contribution is -2.35. The Morgan fingerprint density at radius 1 is 1.09 bits per heavy atom. The molecule has 5 N–H and O–H groups in total. The largest absolute Gasteiger partial charge is 0.369 e. The molecular weight excluding hydrogens is 170 g/mol. The number of primary amides is 2. The minimum Gasteiger partial charge on any atom is -0.369 e. The summed E-state index contributed by atoms with van der Waals surface area (Å²) in [6.07, 6.45) is 0. The maximum absolute atomic E-state index is 9.99. The van der Waals surface area contributed by atoms with E-state index in [1.807, 2.05) is 0 Å². The second-order valence-corrected chi connectivity index (χ2v) is 1.54. The van der Waals surface area contributed by atoms with E-state index >= 15 is 0 Å². The maximum atomic E-state index is 9.99.